The van der Waals surface area contributed by atoms with Crippen LogP contribution in [0.3, 0.4) is 0 Å². The van der Waals surface area contributed by atoms with Crippen LogP contribution in [-0.4, -0.2) is 42.8 Å². The number of carboxylic acid groups (broad SMARTS) is 1. The summed E-state index contributed by atoms with van der Waals surface area (Å²) in [7, 11) is 1.27. The number of carboxylic acids is 1. The highest BCUT2D eigenvalue weighted by molar-refractivity contribution is 5.97. The number of amides is 1. The molecule has 0 aliphatic heterocycles. The molecule has 0 bridgehead atoms. The third kappa shape index (κ3) is 7.36. The normalized spacial score (nSPS) is 10.5. The lowest BCUT2D eigenvalue weighted by molar-refractivity contribution is -0.167. The molecule has 1 amide bonds. The highest BCUT2D eigenvalue weighted by atomic mass is 19.4. The van der Waals surface area contributed by atoms with Crippen LogP contribution >= 0.6 is 0 Å². The van der Waals surface area contributed by atoms with E-state index in [2.05, 4.69) is 16.6 Å². The number of benzene rings is 2. The molecule has 2 N–H and O–H groups in total. The molecule has 10 heteroatoms. The van der Waals surface area contributed by atoms with Crippen LogP contribution in [0, 0.1) is 11.8 Å². The van der Waals surface area contributed by atoms with E-state index in [1.807, 2.05) is 0 Å². The van der Waals surface area contributed by atoms with E-state index in [4.69, 9.17) is 9.84 Å². The minimum absolute atomic E-state index is 0.133. The first-order chi connectivity index (χ1) is 15.1. The number of methoxy groups -OCH3 is 1. The lowest BCUT2D eigenvalue weighted by Crippen LogP contribution is -2.30. The molecule has 0 atom stereocenters. The standard InChI is InChI=1S/C22H18F3NO6/c1-31-20(29)15-7-5-8-18(13-15)32-9-4-2-3-6-14-10-16(19(27)28)12-17(11-14)26-21(30)22(23,24)25/h5,7-8,10-13H,2,4,9H2,1H3,(H,26,30)(H,27,28). The molecular weight excluding hydrogens is 431 g/mol. The van der Waals surface area contributed by atoms with Gasteiger partial charge in [-0.3, -0.25) is 4.79 Å². The molecule has 0 heterocycles. The van der Waals surface area contributed by atoms with Crippen molar-refractivity contribution >= 4 is 23.5 Å². The summed E-state index contributed by atoms with van der Waals surface area (Å²) in [6.07, 6.45) is -4.27. The van der Waals surface area contributed by atoms with Gasteiger partial charge >= 0.3 is 24.0 Å². The molecule has 0 spiro atoms. The highest BCUT2D eigenvalue weighted by Gasteiger charge is 2.38. The summed E-state index contributed by atoms with van der Waals surface area (Å²) in [5.41, 5.74) is -0.168. The molecule has 0 saturated carbocycles. The lowest BCUT2D eigenvalue weighted by atomic mass is 10.1. The van der Waals surface area contributed by atoms with Gasteiger partial charge in [0, 0.05) is 17.7 Å². The van der Waals surface area contributed by atoms with Crippen LogP contribution in [-0.2, 0) is 9.53 Å². The van der Waals surface area contributed by atoms with Crippen molar-refractivity contribution < 1.29 is 42.1 Å². The number of alkyl halides is 3. The van der Waals surface area contributed by atoms with Crippen molar-refractivity contribution in [3.63, 3.8) is 0 Å². The van der Waals surface area contributed by atoms with E-state index in [1.165, 1.54) is 19.2 Å². The van der Waals surface area contributed by atoms with E-state index in [1.54, 1.807) is 23.5 Å². The molecule has 0 fully saturated rings. The number of hydrogen-bond donors (Lipinski definition) is 2. The summed E-state index contributed by atoms with van der Waals surface area (Å²) in [5.74, 6) is 1.82. The Labute approximate surface area is 181 Å². The van der Waals surface area contributed by atoms with Gasteiger partial charge in [-0.2, -0.15) is 13.2 Å². The fourth-order valence-corrected chi connectivity index (χ4v) is 2.44. The second-order valence-electron chi connectivity index (χ2n) is 6.33. The quantitative estimate of drug-likeness (QED) is 0.378. The van der Waals surface area contributed by atoms with Gasteiger partial charge in [0.25, 0.3) is 0 Å². The second-order valence-corrected chi connectivity index (χ2v) is 6.33. The van der Waals surface area contributed by atoms with Gasteiger partial charge in [0.2, 0.25) is 0 Å². The molecule has 0 aliphatic rings. The largest absolute Gasteiger partial charge is 0.494 e. The number of hydrogen-bond acceptors (Lipinski definition) is 5. The Morgan fingerprint density at radius 3 is 2.50 bits per heavy atom. The lowest BCUT2D eigenvalue weighted by Gasteiger charge is -2.09. The van der Waals surface area contributed by atoms with Gasteiger partial charge in [0.05, 0.1) is 24.8 Å². The molecule has 7 nitrogen and oxygen atoms in total. The Balaban J connectivity index is 1.97. The van der Waals surface area contributed by atoms with Gasteiger partial charge in [0.15, 0.2) is 0 Å². The number of aromatic carboxylic acids is 1. The molecule has 32 heavy (non-hydrogen) atoms. The number of unbranched alkanes of at least 4 members (excludes halogenated alkanes) is 1. The van der Waals surface area contributed by atoms with Crippen LogP contribution in [0.1, 0.15) is 39.1 Å². The van der Waals surface area contributed by atoms with Gasteiger partial charge in [-0.15, -0.1) is 0 Å². The van der Waals surface area contributed by atoms with E-state index in [0.29, 0.717) is 24.2 Å². The smallest absolute Gasteiger partial charge is 0.471 e. The Hall–Kier alpha value is -4.00. The fourth-order valence-electron chi connectivity index (χ4n) is 2.44. The van der Waals surface area contributed by atoms with Crippen LogP contribution < -0.4 is 10.1 Å². The zero-order chi connectivity index (χ0) is 23.7. The van der Waals surface area contributed by atoms with Crippen LogP contribution in [0.4, 0.5) is 18.9 Å². The SMILES string of the molecule is COC(=O)c1cccc(OCCCC#Cc2cc(NC(=O)C(F)(F)F)cc(C(=O)O)c2)c1. The van der Waals surface area contributed by atoms with Crippen molar-refractivity contribution in [2.24, 2.45) is 0 Å². The van der Waals surface area contributed by atoms with E-state index in [9.17, 15) is 27.6 Å². The van der Waals surface area contributed by atoms with Crippen LogP contribution in [0.2, 0.25) is 0 Å². The number of carbonyl (C=O) groups excluding carboxylic acids is 2. The van der Waals surface area contributed by atoms with Crippen molar-refractivity contribution in [1.82, 2.24) is 0 Å². The molecular formula is C22H18F3NO6. The number of ether oxygens (including phenoxy) is 2. The van der Waals surface area contributed by atoms with E-state index in [-0.39, 0.29) is 23.4 Å². The topological polar surface area (TPSA) is 102 Å². The fraction of sp³-hybridized carbons (Fsp3) is 0.227. The summed E-state index contributed by atoms with van der Waals surface area (Å²) in [4.78, 5) is 33.8. The highest BCUT2D eigenvalue weighted by Crippen LogP contribution is 2.20. The zero-order valence-corrected chi connectivity index (χ0v) is 16.8. The summed E-state index contributed by atoms with van der Waals surface area (Å²) < 4.78 is 47.4. The number of rotatable bonds is 7. The number of nitrogens with one attached hydrogen (secondary N) is 1. The molecule has 0 aromatic heterocycles. The van der Waals surface area contributed by atoms with Gasteiger partial charge in [-0.25, -0.2) is 9.59 Å². The summed E-state index contributed by atoms with van der Waals surface area (Å²) in [6, 6.07) is 9.68. The summed E-state index contributed by atoms with van der Waals surface area (Å²) in [5, 5.41) is 10.7. The number of carbonyl (C=O) groups is 3. The van der Waals surface area contributed by atoms with Crippen molar-refractivity contribution in [2.75, 3.05) is 19.0 Å². The van der Waals surface area contributed by atoms with Crippen LogP contribution in [0.15, 0.2) is 42.5 Å². The molecule has 168 valence electrons. The molecule has 0 aliphatic carbocycles. The van der Waals surface area contributed by atoms with Crippen molar-refractivity contribution in [3.8, 4) is 17.6 Å². The second kappa shape index (κ2) is 10.9. The monoisotopic (exact) mass is 449 g/mol. The predicted molar refractivity (Wildman–Crippen MR) is 107 cm³/mol. The van der Waals surface area contributed by atoms with Gasteiger partial charge in [-0.05, 0) is 42.8 Å². The molecule has 2 rings (SSSR count). The predicted octanol–water partition coefficient (Wildman–Crippen LogP) is 3.88. The maximum Gasteiger partial charge on any atom is 0.471 e. The first kappa shape index (κ1) is 24.3. The Morgan fingerprint density at radius 2 is 1.84 bits per heavy atom. The van der Waals surface area contributed by atoms with E-state index in [0.717, 1.165) is 12.1 Å². The average molecular weight is 449 g/mol. The summed E-state index contributed by atoms with van der Waals surface area (Å²) in [6.45, 7) is 0.279. The number of anilines is 1. The minimum atomic E-state index is -5.11. The maximum atomic E-state index is 12.4. The Bertz CT molecular complexity index is 1070. The van der Waals surface area contributed by atoms with Gasteiger partial charge in [0.1, 0.15) is 5.75 Å². The maximum absolute atomic E-state index is 12.4. The number of esters is 1. The van der Waals surface area contributed by atoms with Gasteiger partial charge < -0.3 is 19.9 Å². The van der Waals surface area contributed by atoms with E-state index < -0.39 is 24.0 Å². The molecule has 2 aromatic rings. The first-order valence-corrected chi connectivity index (χ1v) is 9.17. The minimum Gasteiger partial charge on any atom is -0.494 e. The van der Waals surface area contributed by atoms with Crippen molar-refractivity contribution in [1.29, 1.82) is 0 Å². The third-order valence-corrected chi connectivity index (χ3v) is 3.90. The molecule has 0 unspecified atom stereocenters. The molecule has 0 saturated heterocycles. The van der Waals surface area contributed by atoms with Crippen molar-refractivity contribution in [2.45, 2.75) is 19.0 Å². The average Bonchev–Trinajstić information content (AvgIpc) is 2.74. The Kier molecular flexibility index (Phi) is 8.24. The van der Waals surface area contributed by atoms with Crippen molar-refractivity contribution in [3.05, 3.63) is 59.2 Å². The molecule has 0 radical (unpaired) electrons. The first-order valence-electron chi connectivity index (χ1n) is 9.17. The van der Waals surface area contributed by atoms with Crippen LogP contribution in [0.5, 0.6) is 5.75 Å². The third-order valence-electron chi connectivity index (χ3n) is 3.90. The van der Waals surface area contributed by atoms with Crippen LogP contribution in [0.25, 0.3) is 0 Å². The molecule has 2 aromatic carbocycles. The number of halogens is 3. The zero-order valence-electron chi connectivity index (χ0n) is 16.8. The Morgan fingerprint density at radius 1 is 1.09 bits per heavy atom. The van der Waals surface area contributed by atoms with E-state index >= 15 is 0 Å². The van der Waals surface area contributed by atoms with Gasteiger partial charge in [-0.1, -0.05) is 17.9 Å². The summed E-state index contributed by atoms with van der Waals surface area (Å²) >= 11 is 0.